The Labute approximate surface area is 186 Å². The molecule has 150 valence electrons. The monoisotopic (exact) mass is 405 g/mol. The van der Waals surface area contributed by atoms with Gasteiger partial charge in [-0.2, -0.15) is 0 Å². The van der Waals surface area contributed by atoms with E-state index in [1.165, 1.54) is 21.9 Å². The lowest BCUT2D eigenvalue weighted by Crippen LogP contribution is -2.32. The maximum absolute atomic E-state index is 8.19. The van der Waals surface area contributed by atoms with Crippen LogP contribution in [-0.2, 0) is 13.5 Å². The standard InChI is InChI=1S/C28H24N3/c1-18-17-30(3)25(15-23(18)20-9-5-4-6-10-20)27-19(2)21-11-7-8-12-22(21)24-16-26-29-13-14-31(26)28(24)27/h4-15,17H,16H2,1-3H3/q+1/i1D3. The van der Waals surface area contributed by atoms with Gasteiger partial charge in [-0.05, 0) is 46.8 Å². The van der Waals surface area contributed by atoms with E-state index in [0.29, 0.717) is 5.56 Å². The molecule has 2 aromatic heterocycles. The lowest BCUT2D eigenvalue weighted by Gasteiger charge is -2.17. The van der Waals surface area contributed by atoms with Crippen molar-refractivity contribution < 1.29 is 8.68 Å². The van der Waals surface area contributed by atoms with Crippen LogP contribution in [0.1, 0.15) is 26.6 Å². The van der Waals surface area contributed by atoms with Crippen LogP contribution in [0.5, 0.6) is 0 Å². The summed E-state index contributed by atoms with van der Waals surface area (Å²) in [6.45, 7) is -0.0634. The summed E-state index contributed by atoms with van der Waals surface area (Å²) in [7, 11) is 1.93. The number of rotatable bonds is 2. The predicted octanol–water partition coefficient (Wildman–Crippen LogP) is 5.71. The molecule has 0 atom stereocenters. The molecule has 5 aromatic rings. The maximum atomic E-state index is 8.19. The van der Waals surface area contributed by atoms with E-state index >= 15 is 0 Å². The number of imidazole rings is 1. The minimum Gasteiger partial charge on any atom is -0.302 e. The molecule has 0 bridgehead atoms. The van der Waals surface area contributed by atoms with E-state index < -0.39 is 6.85 Å². The number of hydrogen-bond donors (Lipinski definition) is 0. The van der Waals surface area contributed by atoms with Crippen LogP contribution in [-0.4, -0.2) is 9.55 Å². The first-order valence-corrected chi connectivity index (χ1v) is 10.5. The smallest absolute Gasteiger partial charge is 0.215 e. The van der Waals surface area contributed by atoms with E-state index in [-0.39, 0.29) is 0 Å². The van der Waals surface area contributed by atoms with Crippen molar-refractivity contribution in [2.45, 2.75) is 20.2 Å². The first-order chi connectivity index (χ1) is 16.3. The third-order valence-electron chi connectivity index (χ3n) is 6.46. The summed E-state index contributed by atoms with van der Waals surface area (Å²) in [6, 6.07) is 20.3. The fourth-order valence-electron chi connectivity index (χ4n) is 5.00. The van der Waals surface area contributed by atoms with Gasteiger partial charge in [-0.15, -0.1) is 0 Å². The molecule has 3 nitrogen and oxygen atoms in total. The van der Waals surface area contributed by atoms with Gasteiger partial charge in [0, 0.05) is 34.6 Å². The molecule has 0 amide bonds. The summed E-state index contributed by atoms with van der Waals surface area (Å²) in [4.78, 5) is 4.60. The molecule has 0 N–H and O–H groups in total. The van der Waals surface area contributed by atoms with Gasteiger partial charge in [0.05, 0.1) is 11.3 Å². The quantitative estimate of drug-likeness (QED) is 0.338. The van der Waals surface area contributed by atoms with Crippen molar-refractivity contribution in [1.82, 2.24) is 9.55 Å². The molecule has 0 saturated heterocycles. The minimum absolute atomic E-state index is 0.350. The van der Waals surface area contributed by atoms with Crippen molar-refractivity contribution in [1.29, 1.82) is 0 Å². The van der Waals surface area contributed by atoms with Crippen molar-refractivity contribution in [3.8, 4) is 28.1 Å². The Morgan fingerprint density at radius 3 is 2.61 bits per heavy atom. The van der Waals surface area contributed by atoms with Gasteiger partial charge in [0.15, 0.2) is 6.20 Å². The van der Waals surface area contributed by atoms with E-state index in [2.05, 4.69) is 40.7 Å². The second-order valence-electron chi connectivity index (χ2n) is 8.23. The highest BCUT2D eigenvalue weighted by Gasteiger charge is 2.30. The van der Waals surface area contributed by atoms with Crippen molar-refractivity contribution >= 4 is 10.8 Å². The van der Waals surface area contributed by atoms with Gasteiger partial charge < -0.3 is 4.57 Å². The van der Waals surface area contributed by atoms with Crippen molar-refractivity contribution in [2.24, 2.45) is 7.05 Å². The van der Waals surface area contributed by atoms with Crippen LogP contribution in [0, 0.1) is 13.8 Å². The van der Waals surface area contributed by atoms with Crippen molar-refractivity contribution in [2.75, 3.05) is 0 Å². The van der Waals surface area contributed by atoms with Crippen LogP contribution in [0.2, 0.25) is 0 Å². The summed E-state index contributed by atoms with van der Waals surface area (Å²) in [5.41, 5.74) is 7.65. The van der Waals surface area contributed by atoms with E-state index in [4.69, 9.17) is 4.11 Å². The lowest BCUT2D eigenvalue weighted by molar-refractivity contribution is -0.660. The van der Waals surface area contributed by atoms with Gasteiger partial charge in [0.2, 0.25) is 5.69 Å². The third kappa shape index (κ3) is 2.59. The van der Waals surface area contributed by atoms with E-state index in [0.717, 1.165) is 40.3 Å². The molecule has 1 aliphatic heterocycles. The van der Waals surface area contributed by atoms with Gasteiger partial charge in [-0.1, -0.05) is 54.6 Å². The topological polar surface area (TPSA) is 21.7 Å². The number of nitrogens with zero attached hydrogens (tertiary/aromatic N) is 3. The summed E-state index contributed by atoms with van der Waals surface area (Å²) in [6.07, 6.45) is 6.42. The maximum Gasteiger partial charge on any atom is 0.215 e. The zero-order chi connectivity index (χ0) is 23.6. The normalized spacial score (nSPS) is 14.1. The van der Waals surface area contributed by atoms with Crippen LogP contribution in [0.3, 0.4) is 0 Å². The second-order valence-corrected chi connectivity index (χ2v) is 8.23. The van der Waals surface area contributed by atoms with Crippen LogP contribution in [0.4, 0.5) is 0 Å². The Morgan fingerprint density at radius 2 is 1.81 bits per heavy atom. The van der Waals surface area contributed by atoms with Crippen LogP contribution < -0.4 is 4.57 Å². The Balaban J connectivity index is 1.73. The predicted molar refractivity (Wildman–Crippen MR) is 125 cm³/mol. The number of fused-ring (bicyclic) bond motifs is 5. The van der Waals surface area contributed by atoms with Crippen molar-refractivity contribution in [3.05, 3.63) is 102 Å². The highest BCUT2D eigenvalue weighted by Crippen LogP contribution is 2.43. The first kappa shape index (κ1) is 15.1. The SMILES string of the molecule is [2H]C([2H])([2H])c1c[n+](C)c(-c2c3c(c4ccccc4c2C)Cc2nccn2-3)cc1-c1ccccc1. The van der Waals surface area contributed by atoms with Gasteiger partial charge in [0.1, 0.15) is 12.9 Å². The molecule has 0 spiro atoms. The number of benzene rings is 3. The average molecular weight is 406 g/mol. The first-order valence-electron chi connectivity index (χ1n) is 12.0. The number of hydrogen-bond acceptors (Lipinski definition) is 1. The van der Waals surface area contributed by atoms with E-state index in [1.807, 2.05) is 60.4 Å². The van der Waals surface area contributed by atoms with Crippen LogP contribution in [0.15, 0.2) is 79.3 Å². The zero-order valence-corrected chi connectivity index (χ0v) is 17.6. The molecule has 3 heteroatoms. The molecular weight excluding hydrogens is 378 g/mol. The third-order valence-corrected chi connectivity index (χ3v) is 6.46. The van der Waals surface area contributed by atoms with E-state index in [9.17, 15) is 0 Å². The molecule has 3 heterocycles. The average Bonchev–Trinajstić information content (AvgIpc) is 3.42. The molecule has 31 heavy (non-hydrogen) atoms. The lowest BCUT2D eigenvalue weighted by atomic mass is 9.90. The molecular formula is C28H24N3+. The molecule has 6 rings (SSSR count). The molecule has 0 radical (unpaired) electrons. The zero-order valence-electron chi connectivity index (χ0n) is 20.6. The van der Waals surface area contributed by atoms with Gasteiger partial charge in [-0.25, -0.2) is 9.55 Å². The van der Waals surface area contributed by atoms with Gasteiger partial charge in [-0.3, -0.25) is 0 Å². The summed E-state index contributed by atoms with van der Waals surface area (Å²) < 4.78 is 28.7. The Bertz CT molecular complexity index is 1580. The fourth-order valence-corrected chi connectivity index (χ4v) is 5.00. The summed E-state index contributed by atoms with van der Waals surface area (Å²) in [5, 5.41) is 2.46. The van der Waals surface area contributed by atoms with E-state index in [1.54, 1.807) is 6.20 Å². The highest BCUT2D eigenvalue weighted by molar-refractivity contribution is 5.99. The molecule has 1 aliphatic rings. The van der Waals surface area contributed by atoms with Gasteiger partial charge >= 0.3 is 0 Å². The van der Waals surface area contributed by atoms with Crippen LogP contribution >= 0.6 is 0 Å². The van der Waals surface area contributed by atoms with Crippen molar-refractivity contribution in [3.63, 3.8) is 0 Å². The number of pyridine rings is 1. The Hall–Kier alpha value is -3.72. The largest absolute Gasteiger partial charge is 0.302 e. The number of aryl methyl sites for hydroxylation is 3. The fraction of sp³-hybridized carbons (Fsp3) is 0.143. The molecule has 0 aliphatic carbocycles. The van der Waals surface area contributed by atoms with Gasteiger partial charge in [0.25, 0.3) is 0 Å². The highest BCUT2D eigenvalue weighted by atomic mass is 15.1. The minimum atomic E-state index is -2.22. The summed E-state index contributed by atoms with van der Waals surface area (Å²) >= 11 is 0. The molecule has 0 fully saturated rings. The summed E-state index contributed by atoms with van der Waals surface area (Å²) in [5.74, 6) is 1.03. The molecule has 0 saturated carbocycles. The second kappa shape index (κ2) is 6.64. The van der Waals surface area contributed by atoms with Crippen LogP contribution in [0.25, 0.3) is 38.8 Å². The Kier molecular flexibility index (Phi) is 3.24. The molecule has 0 unspecified atom stereocenters. The Morgan fingerprint density at radius 1 is 1.03 bits per heavy atom. The molecule has 3 aromatic carbocycles. The number of aromatic nitrogens is 3.